The quantitative estimate of drug-likeness (QED) is 0.0951. The SMILES string of the molecule is COc1cc(NC(C)CCCNC(=O)[C@@H](CCCCN)NC([O-])=C2C=CC=C2)c2ncccc2c1.[Fe+2].c1cc[cH-]c1. The number of methoxy groups -OCH3 is 1. The summed E-state index contributed by atoms with van der Waals surface area (Å²) in [6.45, 7) is 3.20. The normalized spacial score (nSPS) is 13.0. The van der Waals surface area contributed by atoms with Gasteiger partial charge in [-0.3, -0.25) is 9.78 Å². The molecule has 5 N–H and O–H groups in total. The van der Waals surface area contributed by atoms with E-state index in [0.29, 0.717) is 25.1 Å². The third-order valence-electron chi connectivity index (χ3n) is 6.48. The van der Waals surface area contributed by atoms with Gasteiger partial charge in [0.25, 0.3) is 0 Å². The van der Waals surface area contributed by atoms with Crippen LogP contribution in [0, 0.1) is 0 Å². The van der Waals surface area contributed by atoms with Crippen molar-refractivity contribution in [1.29, 1.82) is 0 Å². The molecule has 0 aliphatic heterocycles. The van der Waals surface area contributed by atoms with Crippen LogP contribution in [-0.4, -0.2) is 43.2 Å². The molecule has 0 spiro atoms. The molecule has 0 radical (unpaired) electrons. The molecule has 0 fully saturated rings. The number of benzene rings is 1. The number of carbonyl (C=O) groups is 1. The van der Waals surface area contributed by atoms with Crippen molar-refractivity contribution in [2.75, 3.05) is 25.5 Å². The summed E-state index contributed by atoms with van der Waals surface area (Å²) in [7, 11) is 1.65. The van der Waals surface area contributed by atoms with Crippen molar-refractivity contribution < 1.29 is 31.7 Å². The second kappa shape index (κ2) is 18.7. The topological polar surface area (TPSA) is 124 Å². The number of ether oxygens (including phenoxy) is 1. The minimum absolute atomic E-state index is 0. The van der Waals surface area contributed by atoms with Crippen LogP contribution in [0.5, 0.6) is 5.75 Å². The van der Waals surface area contributed by atoms with Crippen LogP contribution < -0.4 is 31.5 Å². The van der Waals surface area contributed by atoms with Gasteiger partial charge in [0.15, 0.2) is 0 Å². The first-order valence-corrected chi connectivity index (χ1v) is 13.9. The molecule has 220 valence electrons. The molecule has 9 heteroatoms. The van der Waals surface area contributed by atoms with Crippen molar-refractivity contribution in [3.63, 3.8) is 0 Å². The van der Waals surface area contributed by atoms with Gasteiger partial charge in [-0.1, -0.05) is 30.4 Å². The zero-order valence-electron chi connectivity index (χ0n) is 23.8. The number of nitrogens with two attached hydrogens (primary N) is 1. The molecule has 1 unspecified atom stereocenters. The fourth-order valence-corrected chi connectivity index (χ4v) is 4.32. The first-order chi connectivity index (χ1) is 19.5. The first-order valence-electron chi connectivity index (χ1n) is 13.9. The average Bonchev–Trinajstić information content (AvgIpc) is 3.72. The van der Waals surface area contributed by atoms with Crippen LogP contribution in [0.4, 0.5) is 5.69 Å². The predicted molar refractivity (Wildman–Crippen MR) is 161 cm³/mol. The Morgan fingerprint density at radius 1 is 1.10 bits per heavy atom. The standard InChI is InChI=1S/C27H37N5O3.C5H5.Fe/c1-19(31-24-18-22(35-2)17-21-12-8-15-29-25(21)24)9-7-16-30-27(34)23(13-5-6-14-28)32-26(33)20-10-3-4-11-20;1-2-4-5-3-1;/h3-4,8,10-12,15,17-19,23,31-33H,5-7,9,13-14,16,28H2,1-2H3,(H,30,34);1-5H;/q;-1;+2/p-1/t19?,23-;;/m1../s1. The molecule has 1 aliphatic rings. The van der Waals surface area contributed by atoms with E-state index in [1.54, 1.807) is 37.6 Å². The van der Waals surface area contributed by atoms with Crippen molar-refractivity contribution in [1.82, 2.24) is 15.6 Å². The summed E-state index contributed by atoms with van der Waals surface area (Å²) in [6, 6.07) is 17.4. The van der Waals surface area contributed by atoms with E-state index in [1.165, 1.54) is 0 Å². The number of allylic oxidation sites excluding steroid dienone is 5. The minimum atomic E-state index is -0.575. The largest absolute Gasteiger partial charge is 2.00 e. The third kappa shape index (κ3) is 11.4. The molecule has 0 bridgehead atoms. The summed E-state index contributed by atoms with van der Waals surface area (Å²) >= 11 is 0. The van der Waals surface area contributed by atoms with Gasteiger partial charge in [-0.25, -0.2) is 12.1 Å². The monoisotopic (exact) mass is 599 g/mol. The summed E-state index contributed by atoms with van der Waals surface area (Å²) in [6.07, 6.45) is 12.6. The van der Waals surface area contributed by atoms with Crippen LogP contribution >= 0.6 is 0 Å². The number of nitrogens with zero attached hydrogens (tertiary/aromatic N) is 1. The van der Waals surface area contributed by atoms with Crippen molar-refractivity contribution in [3.8, 4) is 5.75 Å². The maximum absolute atomic E-state index is 12.8. The second-order valence-corrected chi connectivity index (χ2v) is 9.68. The number of rotatable bonds is 14. The summed E-state index contributed by atoms with van der Waals surface area (Å²) < 4.78 is 5.43. The molecular formula is C32H41FeN5O3. The van der Waals surface area contributed by atoms with Gasteiger partial charge in [-0.2, -0.15) is 18.2 Å². The summed E-state index contributed by atoms with van der Waals surface area (Å²) in [5.74, 6) is 0.377. The number of fused-ring (bicyclic) bond motifs is 1. The molecule has 1 aliphatic carbocycles. The molecule has 2 atom stereocenters. The van der Waals surface area contributed by atoms with E-state index < -0.39 is 6.04 Å². The molecule has 0 saturated carbocycles. The van der Waals surface area contributed by atoms with Crippen LogP contribution in [0.2, 0.25) is 0 Å². The number of hydrogen-bond acceptors (Lipinski definition) is 7. The molecule has 1 aromatic heterocycles. The number of pyridine rings is 1. The Morgan fingerprint density at radius 3 is 2.51 bits per heavy atom. The molecule has 2 aromatic carbocycles. The molecule has 3 aromatic rings. The van der Waals surface area contributed by atoms with Crippen molar-refractivity contribution in [2.45, 2.75) is 51.1 Å². The maximum Gasteiger partial charge on any atom is 2.00 e. The number of hydrogen-bond donors (Lipinski definition) is 4. The number of amides is 1. The van der Waals surface area contributed by atoms with Gasteiger partial charge in [0.2, 0.25) is 5.91 Å². The first kappa shape index (κ1) is 33.6. The average molecular weight is 600 g/mol. The molecule has 8 nitrogen and oxygen atoms in total. The number of nitrogens with one attached hydrogen (secondary N) is 3. The fraction of sp³-hybridized carbons (Fsp3) is 0.344. The second-order valence-electron chi connectivity index (χ2n) is 9.68. The number of carbonyl (C=O) groups excluding carboxylic acids is 1. The molecular weight excluding hydrogens is 558 g/mol. The van der Waals surface area contributed by atoms with Gasteiger partial charge in [0, 0.05) is 30.2 Å². The Bertz CT molecular complexity index is 1240. The fourth-order valence-electron chi connectivity index (χ4n) is 4.32. The van der Waals surface area contributed by atoms with Gasteiger partial charge in [-0.15, -0.1) is 0 Å². The smallest absolute Gasteiger partial charge is 0.860 e. The van der Waals surface area contributed by atoms with E-state index in [4.69, 9.17) is 10.5 Å². The van der Waals surface area contributed by atoms with Gasteiger partial charge in [-0.05, 0) is 69.2 Å². The van der Waals surface area contributed by atoms with E-state index in [2.05, 4.69) is 27.9 Å². The molecule has 0 saturated heterocycles. The minimum Gasteiger partial charge on any atom is -0.860 e. The predicted octanol–water partition coefficient (Wildman–Crippen LogP) is 4.13. The molecule has 1 amide bonds. The Labute approximate surface area is 254 Å². The van der Waals surface area contributed by atoms with Gasteiger partial charge in [0.1, 0.15) is 11.8 Å². The summed E-state index contributed by atoms with van der Waals surface area (Å²) in [5, 5.41) is 22.8. The van der Waals surface area contributed by atoms with Crippen LogP contribution in [0.25, 0.3) is 10.9 Å². The zero-order valence-corrected chi connectivity index (χ0v) is 24.9. The maximum atomic E-state index is 12.8. The van der Waals surface area contributed by atoms with E-state index in [-0.39, 0.29) is 34.9 Å². The Balaban J connectivity index is 0.000000883. The molecule has 41 heavy (non-hydrogen) atoms. The summed E-state index contributed by atoms with van der Waals surface area (Å²) in [4.78, 5) is 17.3. The van der Waals surface area contributed by atoms with E-state index in [1.807, 2.05) is 54.6 Å². The Morgan fingerprint density at radius 2 is 1.85 bits per heavy atom. The van der Waals surface area contributed by atoms with Crippen molar-refractivity contribution in [2.24, 2.45) is 5.73 Å². The third-order valence-corrected chi connectivity index (χ3v) is 6.48. The van der Waals surface area contributed by atoms with Crippen LogP contribution in [0.1, 0.15) is 39.0 Å². The Kier molecular flexibility index (Phi) is 15.3. The molecule has 1 heterocycles. The van der Waals surface area contributed by atoms with Crippen LogP contribution in [0.15, 0.2) is 96.6 Å². The number of anilines is 1. The van der Waals surface area contributed by atoms with Crippen molar-refractivity contribution in [3.05, 3.63) is 96.6 Å². The van der Waals surface area contributed by atoms with Gasteiger partial charge < -0.3 is 31.5 Å². The van der Waals surface area contributed by atoms with E-state index >= 15 is 0 Å². The molecule has 4 rings (SSSR count). The van der Waals surface area contributed by atoms with Gasteiger partial charge >= 0.3 is 17.1 Å². The summed E-state index contributed by atoms with van der Waals surface area (Å²) in [5.41, 5.74) is 7.97. The Hall–Kier alpha value is -3.65. The van der Waals surface area contributed by atoms with Crippen molar-refractivity contribution >= 4 is 22.5 Å². The zero-order chi connectivity index (χ0) is 28.6. The van der Waals surface area contributed by atoms with E-state index in [0.717, 1.165) is 48.0 Å². The van der Waals surface area contributed by atoms with Gasteiger partial charge in [0.05, 0.1) is 18.3 Å². The van der Waals surface area contributed by atoms with Crippen LogP contribution in [-0.2, 0) is 21.9 Å². The number of unbranched alkanes of at least 4 members (excludes halogenated alkanes) is 1. The number of aromatic nitrogens is 1. The van der Waals surface area contributed by atoms with E-state index in [9.17, 15) is 9.90 Å². The van der Waals surface area contributed by atoms with Crippen LogP contribution in [0.3, 0.4) is 0 Å².